The lowest BCUT2D eigenvalue weighted by Crippen LogP contribution is -2.31. The van der Waals surface area contributed by atoms with Gasteiger partial charge in [0.25, 0.3) is 0 Å². The highest BCUT2D eigenvalue weighted by atomic mass is 32.1. The molecule has 1 amide bonds. The molecule has 0 radical (unpaired) electrons. The Kier molecular flexibility index (Phi) is 5.58. The Hall–Kier alpha value is -2.46. The predicted molar refractivity (Wildman–Crippen MR) is 115 cm³/mol. The van der Waals surface area contributed by atoms with Gasteiger partial charge < -0.3 is 5.32 Å². The lowest BCUT2D eigenvalue weighted by molar-refractivity contribution is -0.115. The van der Waals surface area contributed by atoms with E-state index in [1.165, 1.54) is 15.3 Å². The first-order valence-corrected chi connectivity index (χ1v) is 11.0. The number of hydrogen-bond donors (Lipinski definition) is 2. The fourth-order valence-electron chi connectivity index (χ4n) is 3.57. The molecular weight excluding hydrogens is 386 g/mol. The van der Waals surface area contributed by atoms with Gasteiger partial charge in [-0.3, -0.25) is 10.1 Å². The number of carbonyl (C=O) groups is 1. The van der Waals surface area contributed by atoms with Crippen LogP contribution in [0.25, 0.3) is 0 Å². The van der Waals surface area contributed by atoms with Crippen molar-refractivity contribution in [3.8, 4) is 6.07 Å². The van der Waals surface area contributed by atoms with Gasteiger partial charge in [0.2, 0.25) is 5.91 Å². The average Bonchev–Trinajstić information content (AvgIpc) is 3.41. The van der Waals surface area contributed by atoms with E-state index in [0.29, 0.717) is 10.6 Å². The van der Waals surface area contributed by atoms with Gasteiger partial charge in [-0.2, -0.15) is 5.26 Å². The molecule has 28 heavy (non-hydrogen) atoms. The number of amides is 1. The summed E-state index contributed by atoms with van der Waals surface area (Å²) in [6.45, 7) is 2.25. The van der Waals surface area contributed by atoms with E-state index in [2.05, 4.69) is 54.0 Å². The van der Waals surface area contributed by atoms with Crippen molar-refractivity contribution in [3.63, 3.8) is 0 Å². The molecule has 0 aliphatic heterocycles. The van der Waals surface area contributed by atoms with E-state index in [1.807, 2.05) is 11.4 Å². The topological polar surface area (TPSA) is 64.9 Å². The van der Waals surface area contributed by atoms with Crippen LogP contribution in [0.4, 0.5) is 5.00 Å². The summed E-state index contributed by atoms with van der Waals surface area (Å²) in [6.07, 6.45) is 3.05. The maximum absolute atomic E-state index is 12.6. The van der Waals surface area contributed by atoms with E-state index in [0.717, 1.165) is 30.4 Å². The zero-order valence-corrected chi connectivity index (χ0v) is 17.3. The molecule has 3 aromatic rings. The Morgan fingerprint density at radius 2 is 2.07 bits per heavy atom. The summed E-state index contributed by atoms with van der Waals surface area (Å²) in [5.74, 6) is -0.120. The Morgan fingerprint density at radius 1 is 1.25 bits per heavy atom. The second kappa shape index (κ2) is 8.27. The van der Waals surface area contributed by atoms with Crippen LogP contribution >= 0.6 is 22.7 Å². The molecule has 0 saturated heterocycles. The molecular formula is C22H21N3OS2. The first-order valence-electron chi connectivity index (χ1n) is 9.33. The van der Waals surface area contributed by atoms with E-state index in [4.69, 9.17) is 0 Å². The van der Waals surface area contributed by atoms with Gasteiger partial charge in [0.1, 0.15) is 11.1 Å². The smallest absolute Gasteiger partial charge is 0.238 e. The minimum absolute atomic E-state index is 0.0323. The summed E-state index contributed by atoms with van der Waals surface area (Å²) >= 11 is 3.22. The van der Waals surface area contributed by atoms with Crippen LogP contribution in [-0.4, -0.2) is 12.5 Å². The molecule has 0 bridgehead atoms. The number of nitrogens with one attached hydrogen (secondary N) is 2. The molecule has 2 aromatic heterocycles. The number of thiophene rings is 2. The third-order valence-electron chi connectivity index (χ3n) is 4.99. The standard InChI is InChI=1S/C22H21N3OS2/c1-14-7-9-15(10-8-14)21(19-6-3-11-27-19)24-13-20(26)25-22-17(12-23)16-4-2-5-18(16)28-22/h3,6-11,21,24H,2,4-5,13H2,1H3,(H,25,26)/t21-/m0/s1. The number of aryl methyl sites for hydroxylation is 2. The van der Waals surface area contributed by atoms with Crippen LogP contribution in [-0.2, 0) is 17.6 Å². The number of nitrogens with zero attached hydrogens (tertiary/aromatic N) is 1. The number of benzene rings is 1. The first-order chi connectivity index (χ1) is 13.7. The van der Waals surface area contributed by atoms with Crippen molar-refractivity contribution < 1.29 is 4.79 Å². The molecule has 1 aliphatic carbocycles. The Morgan fingerprint density at radius 3 is 2.79 bits per heavy atom. The predicted octanol–water partition coefficient (Wildman–Crippen LogP) is 4.80. The Bertz CT molecular complexity index is 1010. The summed E-state index contributed by atoms with van der Waals surface area (Å²) in [7, 11) is 0. The molecule has 2 N–H and O–H groups in total. The monoisotopic (exact) mass is 407 g/mol. The minimum Gasteiger partial charge on any atom is -0.315 e. The number of nitriles is 1. The highest BCUT2D eigenvalue weighted by molar-refractivity contribution is 7.16. The second-order valence-electron chi connectivity index (χ2n) is 6.96. The van der Waals surface area contributed by atoms with Gasteiger partial charge in [-0.05, 0) is 48.8 Å². The zero-order valence-electron chi connectivity index (χ0n) is 15.6. The fraction of sp³-hybridized carbons (Fsp3) is 0.273. The molecule has 2 heterocycles. The van der Waals surface area contributed by atoms with Crippen molar-refractivity contribution in [1.82, 2.24) is 5.32 Å². The fourth-order valence-corrected chi connectivity index (χ4v) is 5.66. The van der Waals surface area contributed by atoms with Crippen LogP contribution in [0, 0.1) is 18.3 Å². The van der Waals surface area contributed by atoms with Gasteiger partial charge in [-0.1, -0.05) is 35.9 Å². The number of fused-ring (bicyclic) bond motifs is 1. The molecule has 142 valence electrons. The number of anilines is 1. The van der Waals surface area contributed by atoms with Crippen molar-refractivity contribution in [2.24, 2.45) is 0 Å². The van der Waals surface area contributed by atoms with Crippen molar-refractivity contribution in [2.75, 3.05) is 11.9 Å². The van der Waals surface area contributed by atoms with Gasteiger partial charge in [-0.25, -0.2) is 0 Å². The van der Waals surface area contributed by atoms with Crippen molar-refractivity contribution in [2.45, 2.75) is 32.2 Å². The van der Waals surface area contributed by atoms with Crippen molar-refractivity contribution in [1.29, 1.82) is 5.26 Å². The lowest BCUT2D eigenvalue weighted by Gasteiger charge is -2.18. The molecule has 0 unspecified atom stereocenters. The molecule has 0 fully saturated rings. The van der Waals surface area contributed by atoms with Crippen LogP contribution in [0.15, 0.2) is 41.8 Å². The van der Waals surface area contributed by atoms with Crippen LogP contribution in [0.1, 0.15) is 44.5 Å². The summed E-state index contributed by atoms with van der Waals surface area (Å²) in [4.78, 5) is 15.0. The van der Waals surface area contributed by atoms with E-state index in [9.17, 15) is 10.1 Å². The molecule has 4 nitrogen and oxygen atoms in total. The highest BCUT2D eigenvalue weighted by Gasteiger charge is 2.23. The summed E-state index contributed by atoms with van der Waals surface area (Å²) in [6, 6.07) is 14.7. The van der Waals surface area contributed by atoms with Crippen LogP contribution in [0.5, 0.6) is 0 Å². The molecule has 4 rings (SSSR count). The van der Waals surface area contributed by atoms with Gasteiger partial charge in [0, 0.05) is 9.75 Å². The minimum atomic E-state index is -0.120. The average molecular weight is 408 g/mol. The van der Waals surface area contributed by atoms with Gasteiger partial charge >= 0.3 is 0 Å². The summed E-state index contributed by atoms with van der Waals surface area (Å²) in [5.41, 5.74) is 4.13. The quantitative estimate of drug-likeness (QED) is 0.617. The van der Waals surface area contributed by atoms with E-state index in [-0.39, 0.29) is 18.5 Å². The number of hydrogen-bond acceptors (Lipinski definition) is 5. The third kappa shape index (κ3) is 3.88. The van der Waals surface area contributed by atoms with Crippen LogP contribution < -0.4 is 10.6 Å². The summed E-state index contributed by atoms with van der Waals surface area (Å²) < 4.78 is 0. The van der Waals surface area contributed by atoms with Crippen LogP contribution in [0.2, 0.25) is 0 Å². The van der Waals surface area contributed by atoms with E-state index in [1.54, 1.807) is 22.7 Å². The molecule has 0 saturated carbocycles. The highest BCUT2D eigenvalue weighted by Crippen LogP contribution is 2.38. The van der Waals surface area contributed by atoms with Crippen LogP contribution in [0.3, 0.4) is 0 Å². The Labute approximate surface area is 172 Å². The van der Waals surface area contributed by atoms with Crippen molar-refractivity contribution >= 4 is 33.6 Å². The number of carbonyl (C=O) groups excluding carboxylic acids is 1. The normalized spacial score (nSPS) is 13.7. The maximum atomic E-state index is 12.6. The van der Waals surface area contributed by atoms with Gasteiger partial charge in [0.15, 0.2) is 0 Å². The van der Waals surface area contributed by atoms with E-state index >= 15 is 0 Å². The third-order valence-corrected chi connectivity index (χ3v) is 7.14. The molecule has 1 aliphatic rings. The second-order valence-corrected chi connectivity index (χ2v) is 9.05. The molecule has 1 atom stereocenters. The molecule has 6 heteroatoms. The first kappa shape index (κ1) is 18.9. The maximum Gasteiger partial charge on any atom is 0.238 e. The number of rotatable bonds is 6. The molecule has 0 spiro atoms. The van der Waals surface area contributed by atoms with Gasteiger partial charge in [0.05, 0.1) is 18.2 Å². The zero-order chi connectivity index (χ0) is 19.5. The summed E-state index contributed by atoms with van der Waals surface area (Å²) in [5, 5.41) is 18.6. The lowest BCUT2D eigenvalue weighted by atomic mass is 10.0. The Balaban J connectivity index is 1.47. The van der Waals surface area contributed by atoms with Crippen molar-refractivity contribution in [3.05, 3.63) is 73.8 Å². The largest absolute Gasteiger partial charge is 0.315 e. The van der Waals surface area contributed by atoms with E-state index < -0.39 is 0 Å². The SMILES string of the molecule is Cc1ccc([C@H](NCC(=O)Nc2sc3c(c2C#N)CCC3)c2cccs2)cc1. The van der Waals surface area contributed by atoms with Gasteiger partial charge in [-0.15, -0.1) is 22.7 Å². The molecule has 1 aromatic carbocycles.